The number of allylic oxidation sites excluding steroid dienone is 1. The molecule has 6 aromatic rings. The van der Waals surface area contributed by atoms with E-state index in [-0.39, 0.29) is 11.6 Å². The molecule has 1 aromatic heterocycles. The number of benzene rings is 5. The highest BCUT2D eigenvalue weighted by Crippen LogP contribution is 2.41. The number of aryl methyl sites for hydroxylation is 1. The lowest BCUT2D eigenvalue weighted by Crippen LogP contribution is -2.38. The molecule has 0 fully saturated rings. The molecule has 0 saturated heterocycles. The Balaban J connectivity index is 1.19. The molecule has 0 bridgehead atoms. The number of nitrogens with zero attached hydrogens (tertiary/aromatic N) is 2. The number of hydrogen-bond donors (Lipinski definition) is 0. The zero-order chi connectivity index (χ0) is 31.4. The van der Waals surface area contributed by atoms with Crippen molar-refractivity contribution in [1.82, 2.24) is 4.57 Å². The van der Waals surface area contributed by atoms with Crippen LogP contribution in [0.3, 0.4) is 0 Å². The Morgan fingerprint density at radius 2 is 1.65 bits per heavy atom. The monoisotopic (exact) mass is 766 g/mol. The molecular formula is C38H25Br2ClN2O2S. The molecule has 226 valence electrons. The summed E-state index contributed by atoms with van der Waals surface area (Å²) in [6.45, 7) is 0.426. The summed E-state index contributed by atoms with van der Waals surface area (Å²) in [5, 5.41) is 3.02. The molecular weight excluding hydrogens is 744 g/mol. The van der Waals surface area contributed by atoms with E-state index in [1.807, 2.05) is 59.2 Å². The minimum absolute atomic E-state index is 0.0577. The molecule has 1 unspecified atom stereocenters. The fourth-order valence-corrected chi connectivity index (χ4v) is 9.07. The van der Waals surface area contributed by atoms with Gasteiger partial charge in [-0.3, -0.25) is 9.36 Å². The van der Waals surface area contributed by atoms with Crippen LogP contribution >= 0.6 is 54.8 Å². The van der Waals surface area contributed by atoms with Crippen molar-refractivity contribution in [3.63, 3.8) is 0 Å². The second-order valence-electron chi connectivity index (χ2n) is 11.4. The van der Waals surface area contributed by atoms with E-state index >= 15 is 0 Å². The van der Waals surface area contributed by atoms with Gasteiger partial charge in [-0.25, -0.2) is 4.99 Å². The zero-order valence-electron chi connectivity index (χ0n) is 24.3. The lowest BCUT2D eigenvalue weighted by atomic mass is 9.83. The van der Waals surface area contributed by atoms with Crippen molar-refractivity contribution >= 4 is 77.3 Å². The summed E-state index contributed by atoms with van der Waals surface area (Å²) in [4.78, 5) is 20.0. The fraction of sp³-hybridized carbons (Fsp3) is 0.105. The summed E-state index contributed by atoms with van der Waals surface area (Å²) in [7, 11) is 0. The lowest BCUT2D eigenvalue weighted by Gasteiger charge is -2.30. The first-order chi connectivity index (χ1) is 22.4. The van der Waals surface area contributed by atoms with Gasteiger partial charge in [-0.15, -0.1) is 0 Å². The number of aromatic nitrogens is 1. The summed E-state index contributed by atoms with van der Waals surface area (Å²) >= 11 is 15.1. The second-order valence-corrected chi connectivity index (χ2v) is 14.6. The van der Waals surface area contributed by atoms with Crippen LogP contribution in [0.5, 0.6) is 5.75 Å². The van der Waals surface area contributed by atoms with E-state index in [9.17, 15) is 4.79 Å². The van der Waals surface area contributed by atoms with Gasteiger partial charge in [0.1, 0.15) is 12.4 Å². The fourth-order valence-electron chi connectivity index (χ4n) is 6.49. The van der Waals surface area contributed by atoms with Crippen molar-refractivity contribution in [3.05, 3.63) is 170 Å². The van der Waals surface area contributed by atoms with Crippen LogP contribution in [0.15, 0.2) is 127 Å². The quantitative estimate of drug-likeness (QED) is 0.176. The molecule has 5 aromatic carbocycles. The number of halogens is 3. The molecule has 4 nitrogen and oxygen atoms in total. The van der Waals surface area contributed by atoms with Gasteiger partial charge in [0.2, 0.25) is 0 Å². The van der Waals surface area contributed by atoms with Crippen molar-refractivity contribution in [2.75, 3.05) is 0 Å². The van der Waals surface area contributed by atoms with Gasteiger partial charge in [0.25, 0.3) is 5.56 Å². The van der Waals surface area contributed by atoms with E-state index in [2.05, 4.69) is 86.5 Å². The topological polar surface area (TPSA) is 43.6 Å². The van der Waals surface area contributed by atoms with Crippen LogP contribution in [0.2, 0.25) is 5.02 Å². The smallest absolute Gasteiger partial charge is 0.271 e. The van der Waals surface area contributed by atoms with Crippen LogP contribution in [0, 0.1) is 0 Å². The minimum atomic E-state index is -0.248. The lowest BCUT2D eigenvalue weighted by molar-refractivity contribution is 0.303. The number of thiazole rings is 1. The van der Waals surface area contributed by atoms with Gasteiger partial charge in [-0.1, -0.05) is 102 Å². The molecule has 1 atom stereocenters. The molecule has 0 spiro atoms. The first-order valence-corrected chi connectivity index (χ1v) is 17.7. The van der Waals surface area contributed by atoms with E-state index in [1.165, 1.54) is 27.7 Å². The van der Waals surface area contributed by atoms with Gasteiger partial charge < -0.3 is 4.74 Å². The largest absolute Gasteiger partial charge is 0.487 e. The van der Waals surface area contributed by atoms with Crippen molar-refractivity contribution in [3.8, 4) is 5.75 Å². The molecule has 2 heterocycles. The minimum Gasteiger partial charge on any atom is -0.487 e. The summed E-state index contributed by atoms with van der Waals surface area (Å²) < 4.78 is 10.4. The highest BCUT2D eigenvalue weighted by atomic mass is 79.9. The van der Waals surface area contributed by atoms with E-state index in [0.29, 0.717) is 26.7 Å². The SMILES string of the molecule is O=c1/c(=C/c2cc(Br)c(OCc3cccc4ccccc34)c(Br)c2)sc2n1C(c1ccc(Cl)cc1)C1=C(N=2)c2ccccc2CC1. The first kappa shape index (κ1) is 29.6. The van der Waals surface area contributed by atoms with Gasteiger partial charge in [-0.05, 0) is 114 Å². The molecule has 46 heavy (non-hydrogen) atoms. The Morgan fingerprint density at radius 3 is 2.48 bits per heavy atom. The average molecular weight is 769 g/mol. The number of hydrogen-bond acceptors (Lipinski definition) is 4. The highest BCUT2D eigenvalue weighted by Gasteiger charge is 2.32. The van der Waals surface area contributed by atoms with Crippen molar-refractivity contribution < 1.29 is 4.74 Å². The molecule has 8 rings (SSSR count). The second kappa shape index (κ2) is 12.1. The summed E-state index contributed by atoms with van der Waals surface area (Å²) in [6, 6.07) is 34.5. The maximum Gasteiger partial charge on any atom is 0.271 e. The Labute approximate surface area is 291 Å². The van der Waals surface area contributed by atoms with Crippen LogP contribution in [0.1, 0.15) is 40.3 Å². The standard InChI is InChI=1S/C38H25Br2ClN2O2S/c39-31-18-22(19-32(40)36(31)45-21-26-9-5-8-23-6-1-3-10-28(23)26)20-33-37(44)43-35(25-12-15-27(41)16-13-25)30-17-14-24-7-2-4-11-29(24)34(30)42-38(43)46-33/h1-13,15-16,18-20,35H,14,17,21H2/b33-20-. The van der Waals surface area contributed by atoms with E-state index in [4.69, 9.17) is 21.3 Å². The van der Waals surface area contributed by atoms with E-state index in [0.717, 1.165) is 55.3 Å². The number of rotatable bonds is 5. The maximum absolute atomic E-state index is 14.2. The molecule has 1 aliphatic heterocycles. The summed E-state index contributed by atoms with van der Waals surface area (Å²) in [6.07, 6.45) is 3.69. The molecule has 1 aliphatic carbocycles. The summed E-state index contributed by atoms with van der Waals surface area (Å²) in [5.41, 5.74) is 7.53. The predicted molar refractivity (Wildman–Crippen MR) is 194 cm³/mol. The Hall–Kier alpha value is -3.75. The van der Waals surface area contributed by atoms with Crippen molar-refractivity contribution in [1.29, 1.82) is 0 Å². The van der Waals surface area contributed by atoms with Crippen molar-refractivity contribution in [2.24, 2.45) is 4.99 Å². The third-order valence-electron chi connectivity index (χ3n) is 8.63. The van der Waals surface area contributed by atoms with Crippen LogP contribution in [0.25, 0.3) is 22.5 Å². The van der Waals surface area contributed by atoms with Gasteiger partial charge in [0, 0.05) is 10.6 Å². The Kier molecular flexibility index (Phi) is 7.81. The van der Waals surface area contributed by atoms with Crippen LogP contribution in [0.4, 0.5) is 0 Å². The van der Waals surface area contributed by atoms with E-state index < -0.39 is 0 Å². The molecule has 8 heteroatoms. The third-order valence-corrected chi connectivity index (χ3v) is 11.0. The highest BCUT2D eigenvalue weighted by molar-refractivity contribution is 9.11. The molecule has 0 saturated carbocycles. The van der Waals surface area contributed by atoms with Gasteiger partial charge in [-0.2, -0.15) is 0 Å². The van der Waals surface area contributed by atoms with Crippen LogP contribution in [-0.4, -0.2) is 4.57 Å². The van der Waals surface area contributed by atoms with Gasteiger partial charge in [0.15, 0.2) is 4.80 Å². The van der Waals surface area contributed by atoms with Gasteiger partial charge in [0.05, 0.1) is 25.2 Å². The molecule has 2 aliphatic rings. The van der Waals surface area contributed by atoms with Crippen LogP contribution in [-0.2, 0) is 13.0 Å². The normalized spacial score (nSPS) is 15.7. The zero-order valence-corrected chi connectivity index (χ0v) is 29.1. The Bertz CT molecular complexity index is 2370. The number of ether oxygens (including phenoxy) is 1. The average Bonchev–Trinajstić information content (AvgIpc) is 3.37. The molecule has 0 radical (unpaired) electrons. The first-order valence-electron chi connectivity index (χ1n) is 14.9. The van der Waals surface area contributed by atoms with E-state index in [1.54, 1.807) is 0 Å². The third kappa shape index (κ3) is 5.29. The maximum atomic E-state index is 14.2. The molecule has 0 N–H and O–H groups in total. The van der Waals surface area contributed by atoms with Crippen molar-refractivity contribution in [2.45, 2.75) is 25.5 Å². The van der Waals surface area contributed by atoms with Crippen LogP contribution < -0.4 is 19.6 Å². The van der Waals surface area contributed by atoms with Gasteiger partial charge >= 0.3 is 0 Å². The summed E-state index contributed by atoms with van der Waals surface area (Å²) in [5.74, 6) is 0.709. The molecule has 0 amide bonds. The Morgan fingerprint density at radius 1 is 0.913 bits per heavy atom. The number of fused-ring (bicyclic) bond motifs is 4. The predicted octanol–water partition coefficient (Wildman–Crippen LogP) is 9.23.